The minimum absolute atomic E-state index is 0.0336. The Morgan fingerprint density at radius 1 is 0.848 bits per heavy atom. The average Bonchev–Trinajstić information content (AvgIpc) is 2.86. The van der Waals surface area contributed by atoms with Crippen molar-refractivity contribution in [2.75, 3.05) is 36.9 Å². The monoisotopic (exact) mass is 469 g/mol. The Balaban J connectivity index is 1.28. The number of nitrogens with zero attached hydrogens (tertiary/aromatic N) is 2. The van der Waals surface area contributed by atoms with E-state index in [1.807, 2.05) is 30.3 Å². The van der Waals surface area contributed by atoms with Crippen molar-refractivity contribution in [1.29, 1.82) is 0 Å². The molecule has 0 aliphatic heterocycles. The maximum Gasteiger partial charge on any atom is 0.240 e. The first-order valence-electron chi connectivity index (χ1n) is 11.5. The Hall–Kier alpha value is -2.75. The molecule has 1 aliphatic carbocycles. The first kappa shape index (κ1) is 23.4. The van der Waals surface area contributed by atoms with E-state index in [9.17, 15) is 8.42 Å². The molecule has 4 N–H and O–H groups in total. The summed E-state index contributed by atoms with van der Waals surface area (Å²) in [5.74, 6) is 2.14. The third-order valence-corrected chi connectivity index (χ3v) is 7.58. The van der Waals surface area contributed by atoms with Gasteiger partial charge in [-0.15, -0.1) is 0 Å². The fourth-order valence-electron chi connectivity index (χ4n) is 4.25. The molecule has 0 bridgehead atoms. The Morgan fingerprint density at radius 3 is 2.24 bits per heavy atom. The zero-order chi connectivity index (χ0) is 23.1. The smallest absolute Gasteiger partial charge is 0.240 e. The van der Waals surface area contributed by atoms with Crippen LogP contribution >= 0.6 is 0 Å². The Bertz CT molecular complexity index is 1150. The molecular formula is C24H31N5O3S. The number of fused-ring (bicyclic) bond motifs is 1. The molecule has 2 aromatic carbocycles. The molecule has 4 rings (SSSR count). The molecule has 8 nitrogen and oxygen atoms in total. The maximum atomic E-state index is 12.4. The molecule has 33 heavy (non-hydrogen) atoms. The van der Waals surface area contributed by atoms with E-state index in [4.69, 9.17) is 5.11 Å². The van der Waals surface area contributed by atoms with Crippen LogP contribution in [0.2, 0.25) is 0 Å². The van der Waals surface area contributed by atoms with Crippen LogP contribution < -0.4 is 15.4 Å². The third kappa shape index (κ3) is 6.19. The van der Waals surface area contributed by atoms with Crippen LogP contribution in [-0.4, -0.2) is 49.7 Å². The summed E-state index contributed by atoms with van der Waals surface area (Å²) in [7, 11) is -3.45. The van der Waals surface area contributed by atoms with E-state index < -0.39 is 10.0 Å². The van der Waals surface area contributed by atoms with Gasteiger partial charge in [0.15, 0.2) is 0 Å². The summed E-state index contributed by atoms with van der Waals surface area (Å²) >= 11 is 0. The molecule has 0 radical (unpaired) electrons. The Labute approximate surface area is 194 Å². The molecule has 0 saturated heterocycles. The molecule has 0 spiro atoms. The van der Waals surface area contributed by atoms with Crippen molar-refractivity contribution in [1.82, 2.24) is 14.7 Å². The Morgan fingerprint density at radius 2 is 1.52 bits per heavy atom. The van der Waals surface area contributed by atoms with Crippen LogP contribution in [0.15, 0.2) is 59.5 Å². The van der Waals surface area contributed by atoms with E-state index in [1.54, 1.807) is 24.3 Å². The fourth-order valence-corrected chi connectivity index (χ4v) is 5.39. The SMILES string of the molecule is O=S(=O)(NC[C@H]1CC[C@H](CNc2nc(NCCO)c3ccccc3n2)CC1)c1ccccc1. The van der Waals surface area contributed by atoms with E-state index >= 15 is 0 Å². The second-order valence-electron chi connectivity index (χ2n) is 8.50. The first-order valence-corrected chi connectivity index (χ1v) is 12.9. The van der Waals surface area contributed by atoms with Gasteiger partial charge in [0.25, 0.3) is 0 Å². The lowest BCUT2D eigenvalue weighted by Crippen LogP contribution is -2.32. The number of aromatic nitrogens is 2. The highest BCUT2D eigenvalue weighted by atomic mass is 32.2. The van der Waals surface area contributed by atoms with Crippen molar-refractivity contribution in [2.45, 2.75) is 30.6 Å². The van der Waals surface area contributed by atoms with Crippen molar-refractivity contribution in [3.8, 4) is 0 Å². The summed E-state index contributed by atoms with van der Waals surface area (Å²) < 4.78 is 27.6. The van der Waals surface area contributed by atoms with Gasteiger partial charge >= 0.3 is 0 Å². The lowest BCUT2D eigenvalue weighted by molar-refractivity contribution is 0.284. The van der Waals surface area contributed by atoms with Crippen LogP contribution in [-0.2, 0) is 10.0 Å². The van der Waals surface area contributed by atoms with Crippen LogP contribution in [0.4, 0.5) is 11.8 Å². The number of para-hydroxylation sites is 1. The van der Waals surface area contributed by atoms with Crippen LogP contribution in [0.1, 0.15) is 25.7 Å². The summed E-state index contributed by atoms with van der Waals surface area (Å²) in [6, 6.07) is 16.3. The minimum atomic E-state index is -3.45. The molecule has 9 heteroatoms. The van der Waals surface area contributed by atoms with Gasteiger partial charge in [0, 0.05) is 25.0 Å². The maximum absolute atomic E-state index is 12.4. The van der Waals surface area contributed by atoms with Gasteiger partial charge in [0.1, 0.15) is 5.82 Å². The van der Waals surface area contributed by atoms with Crippen molar-refractivity contribution in [3.05, 3.63) is 54.6 Å². The van der Waals surface area contributed by atoms with Crippen molar-refractivity contribution in [2.24, 2.45) is 11.8 Å². The fraction of sp³-hybridized carbons (Fsp3) is 0.417. The van der Waals surface area contributed by atoms with Crippen molar-refractivity contribution < 1.29 is 13.5 Å². The minimum Gasteiger partial charge on any atom is -0.395 e. The molecule has 176 valence electrons. The molecule has 0 amide bonds. The largest absolute Gasteiger partial charge is 0.395 e. The molecule has 3 aromatic rings. The van der Waals surface area contributed by atoms with Crippen LogP contribution in [0.5, 0.6) is 0 Å². The molecule has 0 unspecified atom stereocenters. The van der Waals surface area contributed by atoms with Gasteiger partial charge < -0.3 is 15.7 Å². The zero-order valence-corrected chi connectivity index (χ0v) is 19.4. The van der Waals surface area contributed by atoms with Gasteiger partial charge in [0.2, 0.25) is 16.0 Å². The molecule has 1 aliphatic rings. The topological polar surface area (TPSA) is 116 Å². The normalized spacial score (nSPS) is 18.8. The second-order valence-corrected chi connectivity index (χ2v) is 10.3. The van der Waals surface area contributed by atoms with E-state index in [-0.39, 0.29) is 6.61 Å². The highest BCUT2D eigenvalue weighted by Crippen LogP contribution is 2.29. The molecule has 0 atom stereocenters. The number of sulfonamides is 1. The molecule has 1 heterocycles. The number of aliphatic hydroxyl groups is 1. The molecule has 1 fully saturated rings. The van der Waals surface area contributed by atoms with Gasteiger partial charge in [-0.1, -0.05) is 30.3 Å². The molecule has 1 saturated carbocycles. The number of anilines is 2. The van der Waals surface area contributed by atoms with Crippen LogP contribution in [0.25, 0.3) is 10.9 Å². The van der Waals surface area contributed by atoms with E-state index in [2.05, 4.69) is 25.3 Å². The summed E-state index contributed by atoms with van der Waals surface area (Å²) in [5, 5.41) is 16.6. The number of rotatable bonds is 10. The van der Waals surface area contributed by atoms with Crippen molar-refractivity contribution >= 4 is 32.7 Å². The Kier molecular flexibility index (Phi) is 7.74. The quantitative estimate of drug-likeness (QED) is 0.360. The second kappa shape index (κ2) is 10.9. The standard InChI is InChI=1S/C24H31N5O3S/c30-15-14-25-23-21-8-4-5-9-22(21)28-24(29-23)26-16-18-10-12-19(13-11-18)17-27-33(31,32)20-6-2-1-3-7-20/h1-9,18-19,27,30H,10-17H2,(H2,25,26,28,29)/t18-,19-. The highest BCUT2D eigenvalue weighted by Gasteiger charge is 2.23. The van der Waals surface area contributed by atoms with Crippen LogP contribution in [0, 0.1) is 11.8 Å². The third-order valence-electron chi connectivity index (χ3n) is 6.14. The van der Waals surface area contributed by atoms with E-state index in [0.29, 0.717) is 41.6 Å². The number of nitrogens with one attached hydrogen (secondary N) is 3. The first-order chi connectivity index (χ1) is 16.0. The van der Waals surface area contributed by atoms with E-state index in [0.717, 1.165) is 43.1 Å². The van der Waals surface area contributed by atoms with Gasteiger partial charge in [-0.3, -0.25) is 0 Å². The van der Waals surface area contributed by atoms with Gasteiger partial charge in [-0.25, -0.2) is 18.1 Å². The summed E-state index contributed by atoms with van der Waals surface area (Å²) in [4.78, 5) is 9.54. The van der Waals surface area contributed by atoms with E-state index in [1.165, 1.54) is 0 Å². The van der Waals surface area contributed by atoms with Gasteiger partial charge in [-0.05, 0) is 61.8 Å². The summed E-state index contributed by atoms with van der Waals surface area (Å²) in [6.45, 7) is 1.72. The lowest BCUT2D eigenvalue weighted by Gasteiger charge is -2.28. The number of hydrogen-bond acceptors (Lipinski definition) is 7. The van der Waals surface area contributed by atoms with Gasteiger partial charge in [0.05, 0.1) is 17.0 Å². The summed E-state index contributed by atoms with van der Waals surface area (Å²) in [6.07, 6.45) is 4.05. The number of benzene rings is 2. The predicted octanol–water partition coefficient (Wildman–Crippen LogP) is 3.23. The average molecular weight is 470 g/mol. The predicted molar refractivity (Wildman–Crippen MR) is 131 cm³/mol. The molecular weight excluding hydrogens is 438 g/mol. The molecule has 1 aromatic heterocycles. The van der Waals surface area contributed by atoms with Gasteiger partial charge in [-0.2, -0.15) is 4.98 Å². The number of hydrogen-bond donors (Lipinski definition) is 4. The zero-order valence-electron chi connectivity index (χ0n) is 18.6. The highest BCUT2D eigenvalue weighted by molar-refractivity contribution is 7.89. The number of aliphatic hydroxyl groups excluding tert-OH is 1. The van der Waals surface area contributed by atoms with Crippen molar-refractivity contribution in [3.63, 3.8) is 0 Å². The summed E-state index contributed by atoms with van der Waals surface area (Å²) in [5.41, 5.74) is 0.852. The van der Waals surface area contributed by atoms with Crippen LogP contribution in [0.3, 0.4) is 0 Å². The lowest BCUT2D eigenvalue weighted by atomic mass is 9.82.